The van der Waals surface area contributed by atoms with E-state index in [1.807, 2.05) is 0 Å². The molecule has 2 aliphatic rings. The lowest BCUT2D eigenvalue weighted by Gasteiger charge is -2.20. The second-order valence-electron chi connectivity index (χ2n) is 5.71. The highest BCUT2D eigenvalue weighted by atomic mass is 32.2. The first-order valence-corrected chi connectivity index (χ1v) is 8.36. The van der Waals surface area contributed by atoms with Gasteiger partial charge in [-0.1, -0.05) is 13.8 Å². The number of sulfonamides is 1. The predicted octanol–water partition coefficient (Wildman–Crippen LogP) is 1.09. The van der Waals surface area contributed by atoms with Crippen molar-refractivity contribution in [2.45, 2.75) is 51.6 Å². The van der Waals surface area contributed by atoms with Gasteiger partial charge in [-0.05, 0) is 44.1 Å². The summed E-state index contributed by atoms with van der Waals surface area (Å²) in [6.07, 6.45) is 4.20. The summed E-state index contributed by atoms with van der Waals surface area (Å²) in [6.45, 7) is 5.31. The van der Waals surface area contributed by atoms with E-state index in [4.69, 9.17) is 0 Å². The van der Waals surface area contributed by atoms with E-state index in [1.54, 1.807) is 0 Å². The van der Waals surface area contributed by atoms with Crippen LogP contribution in [0.15, 0.2) is 0 Å². The molecule has 2 rings (SSSR count). The second-order valence-corrected chi connectivity index (χ2v) is 7.51. The van der Waals surface area contributed by atoms with E-state index in [-0.39, 0.29) is 17.8 Å². The molecule has 0 radical (unpaired) electrons. The van der Waals surface area contributed by atoms with Gasteiger partial charge in [0.15, 0.2) is 0 Å². The third kappa shape index (κ3) is 3.42. The van der Waals surface area contributed by atoms with E-state index < -0.39 is 10.0 Å². The standard InChI is InChI=1S/C12H24N2O2S/c1-9-5-6-12(10(9)2)14-17(15,16)8-11-4-3-7-13-11/h9-14H,3-8H2,1-2H3. The molecule has 0 aromatic heterocycles. The molecular formula is C12H24N2O2S. The van der Waals surface area contributed by atoms with E-state index in [9.17, 15) is 8.42 Å². The predicted molar refractivity (Wildman–Crippen MR) is 69.3 cm³/mol. The molecule has 5 heteroatoms. The van der Waals surface area contributed by atoms with Gasteiger partial charge in [0.25, 0.3) is 0 Å². The SMILES string of the molecule is CC1CCC(NS(=O)(=O)CC2CCCN2)C1C. The molecule has 0 amide bonds. The van der Waals surface area contributed by atoms with Gasteiger partial charge in [-0.15, -0.1) is 0 Å². The molecular weight excluding hydrogens is 236 g/mol. The van der Waals surface area contributed by atoms with Crippen LogP contribution in [0.4, 0.5) is 0 Å². The van der Waals surface area contributed by atoms with Crippen LogP contribution in [0, 0.1) is 11.8 Å². The largest absolute Gasteiger partial charge is 0.313 e. The topological polar surface area (TPSA) is 58.2 Å². The molecule has 4 unspecified atom stereocenters. The maximum absolute atomic E-state index is 12.0. The van der Waals surface area contributed by atoms with E-state index in [1.165, 1.54) is 0 Å². The third-order valence-electron chi connectivity index (χ3n) is 4.38. The zero-order valence-corrected chi connectivity index (χ0v) is 11.6. The van der Waals surface area contributed by atoms with E-state index in [0.717, 1.165) is 32.2 Å². The van der Waals surface area contributed by atoms with Gasteiger partial charge in [-0.25, -0.2) is 13.1 Å². The molecule has 1 saturated carbocycles. The quantitative estimate of drug-likeness (QED) is 0.795. The molecule has 0 aromatic rings. The Labute approximate surface area is 105 Å². The van der Waals surface area contributed by atoms with Crippen LogP contribution in [0.25, 0.3) is 0 Å². The van der Waals surface area contributed by atoms with Gasteiger partial charge in [0.2, 0.25) is 10.0 Å². The smallest absolute Gasteiger partial charge is 0.213 e. The molecule has 0 aromatic carbocycles. The number of hydrogen-bond acceptors (Lipinski definition) is 3. The van der Waals surface area contributed by atoms with Crippen molar-refractivity contribution in [2.24, 2.45) is 11.8 Å². The van der Waals surface area contributed by atoms with Crippen LogP contribution in [0.1, 0.15) is 39.5 Å². The maximum atomic E-state index is 12.0. The summed E-state index contributed by atoms with van der Waals surface area (Å²) in [5.74, 6) is 1.33. The van der Waals surface area contributed by atoms with Gasteiger partial charge in [0, 0.05) is 12.1 Å². The lowest BCUT2D eigenvalue weighted by atomic mass is 9.98. The Hall–Kier alpha value is -0.130. The van der Waals surface area contributed by atoms with Crippen molar-refractivity contribution < 1.29 is 8.42 Å². The Balaban J connectivity index is 1.88. The van der Waals surface area contributed by atoms with Crippen molar-refractivity contribution in [2.75, 3.05) is 12.3 Å². The third-order valence-corrected chi connectivity index (χ3v) is 5.88. The lowest BCUT2D eigenvalue weighted by Crippen LogP contribution is -2.42. The zero-order chi connectivity index (χ0) is 12.5. The summed E-state index contributed by atoms with van der Waals surface area (Å²) in [7, 11) is -3.12. The van der Waals surface area contributed by atoms with E-state index in [2.05, 4.69) is 23.9 Å². The summed E-state index contributed by atoms with van der Waals surface area (Å²) >= 11 is 0. The molecule has 1 aliphatic carbocycles. The van der Waals surface area contributed by atoms with E-state index >= 15 is 0 Å². The van der Waals surface area contributed by atoms with Crippen molar-refractivity contribution in [3.8, 4) is 0 Å². The van der Waals surface area contributed by atoms with Crippen LogP contribution in [0.5, 0.6) is 0 Å². The van der Waals surface area contributed by atoms with Gasteiger partial charge in [-0.3, -0.25) is 0 Å². The van der Waals surface area contributed by atoms with Crippen LogP contribution in [0.3, 0.4) is 0 Å². The van der Waals surface area contributed by atoms with Crippen LogP contribution in [-0.2, 0) is 10.0 Å². The Bertz CT molecular complexity index is 350. The molecule has 1 heterocycles. The van der Waals surface area contributed by atoms with Gasteiger partial charge < -0.3 is 5.32 Å². The van der Waals surface area contributed by atoms with Gasteiger partial charge >= 0.3 is 0 Å². The summed E-state index contributed by atoms with van der Waals surface area (Å²) < 4.78 is 27.0. The Morgan fingerprint density at radius 2 is 2.00 bits per heavy atom. The minimum absolute atomic E-state index is 0.149. The molecule has 0 spiro atoms. The minimum atomic E-state index is -3.12. The normalized spacial score (nSPS) is 38.7. The average molecular weight is 260 g/mol. The van der Waals surface area contributed by atoms with Crippen molar-refractivity contribution in [1.82, 2.24) is 10.0 Å². The van der Waals surface area contributed by atoms with Crippen LogP contribution in [0.2, 0.25) is 0 Å². The molecule has 17 heavy (non-hydrogen) atoms. The molecule has 1 saturated heterocycles. The van der Waals surface area contributed by atoms with Crippen LogP contribution < -0.4 is 10.0 Å². The lowest BCUT2D eigenvalue weighted by molar-refractivity contribution is 0.401. The number of nitrogens with one attached hydrogen (secondary N) is 2. The first-order valence-electron chi connectivity index (χ1n) is 6.71. The van der Waals surface area contributed by atoms with Crippen molar-refractivity contribution in [1.29, 1.82) is 0 Å². The van der Waals surface area contributed by atoms with E-state index in [0.29, 0.717) is 11.8 Å². The van der Waals surface area contributed by atoms with Crippen molar-refractivity contribution in [3.63, 3.8) is 0 Å². The fourth-order valence-corrected chi connectivity index (χ4v) is 4.68. The molecule has 0 bridgehead atoms. The molecule has 2 fully saturated rings. The maximum Gasteiger partial charge on any atom is 0.213 e. The first kappa shape index (κ1) is 13.3. The first-order chi connectivity index (χ1) is 7.98. The second kappa shape index (κ2) is 5.24. The highest BCUT2D eigenvalue weighted by Crippen LogP contribution is 2.31. The number of rotatable bonds is 4. The van der Waals surface area contributed by atoms with Crippen molar-refractivity contribution >= 4 is 10.0 Å². The summed E-state index contributed by atoms with van der Waals surface area (Å²) in [5.41, 5.74) is 0. The average Bonchev–Trinajstić information content (AvgIpc) is 2.83. The molecule has 4 atom stereocenters. The molecule has 1 aliphatic heterocycles. The van der Waals surface area contributed by atoms with Crippen LogP contribution >= 0.6 is 0 Å². The monoisotopic (exact) mass is 260 g/mol. The summed E-state index contributed by atoms with van der Waals surface area (Å²) in [6, 6.07) is 0.304. The Morgan fingerprint density at radius 1 is 1.24 bits per heavy atom. The number of hydrogen-bond donors (Lipinski definition) is 2. The fourth-order valence-electron chi connectivity index (χ4n) is 2.97. The Morgan fingerprint density at radius 3 is 2.53 bits per heavy atom. The molecule has 4 nitrogen and oxygen atoms in total. The minimum Gasteiger partial charge on any atom is -0.313 e. The molecule has 2 N–H and O–H groups in total. The van der Waals surface area contributed by atoms with Crippen molar-refractivity contribution in [3.05, 3.63) is 0 Å². The summed E-state index contributed by atoms with van der Waals surface area (Å²) in [4.78, 5) is 0. The fraction of sp³-hybridized carbons (Fsp3) is 1.00. The van der Waals surface area contributed by atoms with Gasteiger partial charge in [0.1, 0.15) is 0 Å². The van der Waals surface area contributed by atoms with Gasteiger partial charge in [-0.2, -0.15) is 0 Å². The highest BCUT2D eigenvalue weighted by Gasteiger charge is 2.33. The molecule has 100 valence electrons. The van der Waals surface area contributed by atoms with Gasteiger partial charge in [0.05, 0.1) is 5.75 Å². The van der Waals surface area contributed by atoms with Crippen LogP contribution in [-0.4, -0.2) is 32.8 Å². The summed E-state index contributed by atoms with van der Waals surface area (Å²) in [5, 5.41) is 3.24. The zero-order valence-electron chi connectivity index (χ0n) is 10.8. The highest BCUT2D eigenvalue weighted by molar-refractivity contribution is 7.89. The Kier molecular flexibility index (Phi) is 4.10.